The molecule has 4 heteroatoms. The summed E-state index contributed by atoms with van der Waals surface area (Å²) in [6.07, 6.45) is 6.24. The van der Waals surface area contributed by atoms with E-state index < -0.39 is 0 Å². The van der Waals surface area contributed by atoms with Gasteiger partial charge in [0.1, 0.15) is 0 Å². The summed E-state index contributed by atoms with van der Waals surface area (Å²) in [5, 5.41) is 12.5. The van der Waals surface area contributed by atoms with E-state index in [1.165, 1.54) is 27.8 Å². The van der Waals surface area contributed by atoms with Crippen molar-refractivity contribution in [1.29, 1.82) is 0 Å². The van der Waals surface area contributed by atoms with E-state index in [9.17, 15) is 0 Å². The van der Waals surface area contributed by atoms with Crippen LogP contribution in [-0.4, -0.2) is 23.3 Å². The molecule has 0 bridgehead atoms. The fourth-order valence-corrected chi connectivity index (χ4v) is 3.30. The number of thiophene rings is 1. The lowest BCUT2D eigenvalue weighted by molar-refractivity contribution is 0.465. The number of aromatic nitrogens is 2. The Labute approximate surface area is 92.5 Å². The number of fused-ring (bicyclic) bond motifs is 1. The van der Waals surface area contributed by atoms with Gasteiger partial charge in [0.05, 0.1) is 17.1 Å². The van der Waals surface area contributed by atoms with Crippen molar-refractivity contribution in [2.24, 2.45) is 0 Å². The molecule has 3 nitrogen and oxygen atoms in total. The van der Waals surface area contributed by atoms with Gasteiger partial charge >= 0.3 is 0 Å². The van der Waals surface area contributed by atoms with Gasteiger partial charge in [0.15, 0.2) is 0 Å². The Morgan fingerprint density at radius 1 is 1.20 bits per heavy atom. The summed E-state index contributed by atoms with van der Waals surface area (Å²) in [7, 11) is 0. The van der Waals surface area contributed by atoms with Crippen LogP contribution in [0.25, 0.3) is 10.1 Å². The SMILES string of the molecule is c1nncc2sc(C3CCNCC3)cc12. The number of piperidine rings is 1. The second-order valence-corrected chi connectivity index (χ2v) is 5.10. The molecule has 0 aromatic carbocycles. The second kappa shape index (κ2) is 3.87. The van der Waals surface area contributed by atoms with E-state index in [1.807, 2.05) is 23.7 Å². The standard InChI is InChI=1S/C11H13N3S/c1-3-12-4-2-8(1)10-5-9-6-13-14-7-11(9)15-10/h5-8,12H,1-4H2. The molecule has 2 aromatic rings. The van der Waals surface area contributed by atoms with Gasteiger partial charge in [0.2, 0.25) is 0 Å². The van der Waals surface area contributed by atoms with Gasteiger partial charge in [0, 0.05) is 10.3 Å². The first-order valence-corrected chi connectivity index (χ1v) is 6.16. The lowest BCUT2D eigenvalue weighted by Gasteiger charge is -2.21. The number of hydrogen-bond acceptors (Lipinski definition) is 4. The third-order valence-electron chi connectivity index (χ3n) is 2.99. The van der Waals surface area contributed by atoms with E-state index in [2.05, 4.69) is 21.6 Å². The Morgan fingerprint density at radius 2 is 2.00 bits per heavy atom. The van der Waals surface area contributed by atoms with Crippen LogP contribution in [0.15, 0.2) is 18.5 Å². The first-order chi connectivity index (χ1) is 7.43. The van der Waals surface area contributed by atoms with Gasteiger partial charge in [-0.1, -0.05) is 0 Å². The maximum absolute atomic E-state index is 3.92. The monoisotopic (exact) mass is 219 g/mol. The molecular weight excluding hydrogens is 206 g/mol. The Hall–Kier alpha value is -1.00. The maximum atomic E-state index is 3.92. The predicted octanol–water partition coefficient (Wildman–Crippen LogP) is 2.16. The minimum Gasteiger partial charge on any atom is -0.317 e. The minimum atomic E-state index is 0.739. The summed E-state index contributed by atoms with van der Waals surface area (Å²) in [5.41, 5.74) is 0. The third-order valence-corrected chi connectivity index (χ3v) is 4.24. The summed E-state index contributed by atoms with van der Waals surface area (Å²) in [6.45, 7) is 2.30. The lowest BCUT2D eigenvalue weighted by atomic mass is 9.96. The fourth-order valence-electron chi connectivity index (χ4n) is 2.13. The second-order valence-electron chi connectivity index (χ2n) is 3.98. The molecule has 0 spiro atoms. The van der Waals surface area contributed by atoms with E-state index in [1.54, 1.807) is 0 Å². The molecule has 0 radical (unpaired) electrons. The van der Waals surface area contributed by atoms with Gasteiger partial charge in [-0.2, -0.15) is 10.2 Å². The highest BCUT2D eigenvalue weighted by atomic mass is 32.1. The Balaban J connectivity index is 1.96. The largest absolute Gasteiger partial charge is 0.317 e. The van der Waals surface area contributed by atoms with Gasteiger partial charge in [0.25, 0.3) is 0 Å². The van der Waals surface area contributed by atoms with Crippen molar-refractivity contribution in [1.82, 2.24) is 15.5 Å². The van der Waals surface area contributed by atoms with Crippen LogP contribution in [0.1, 0.15) is 23.6 Å². The minimum absolute atomic E-state index is 0.739. The van der Waals surface area contributed by atoms with Crippen molar-refractivity contribution in [3.8, 4) is 0 Å². The first kappa shape index (κ1) is 9.24. The van der Waals surface area contributed by atoms with E-state index >= 15 is 0 Å². The molecule has 1 aliphatic heterocycles. The molecule has 0 amide bonds. The molecular formula is C11H13N3S. The van der Waals surface area contributed by atoms with Gasteiger partial charge in [-0.3, -0.25) is 0 Å². The molecule has 0 atom stereocenters. The van der Waals surface area contributed by atoms with Crippen molar-refractivity contribution in [3.05, 3.63) is 23.3 Å². The molecule has 1 aliphatic rings. The highest BCUT2D eigenvalue weighted by molar-refractivity contribution is 7.19. The Bertz CT molecular complexity index is 427. The summed E-state index contributed by atoms with van der Waals surface area (Å²) >= 11 is 1.87. The quantitative estimate of drug-likeness (QED) is 0.798. The van der Waals surface area contributed by atoms with Gasteiger partial charge < -0.3 is 5.32 Å². The highest BCUT2D eigenvalue weighted by Crippen LogP contribution is 2.34. The molecule has 78 valence electrons. The molecule has 3 heterocycles. The van der Waals surface area contributed by atoms with Crippen LogP contribution in [0, 0.1) is 0 Å². The van der Waals surface area contributed by atoms with Crippen molar-refractivity contribution >= 4 is 21.4 Å². The molecule has 1 saturated heterocycles. The zero-order chi connectivity index (χ0) is 10.1. The van der Waals surface area contributed by atoms with Gasteiger partial charge in [-0.05, 0) is 37.9 Å². The van der Waals surface area contributed by atoms with E-state index in [0.29, 0.717) is 0 Å². The Kier molecular flexibility index (Phi) is 2.38. The molecule has 0 saturated carbocycles. The van der Waals surface area contributed by atoms with Crippen LogP contribution < -0.4 is 5.32 Å². The predicted molar refractivity (Wildman–Crippen MR) is 62.3 cm³/mol. The van der Waals surface area contributed by atoms with E-state index in [-0.39, 0.29) is 0 Å². The van der Waals surface area contributed by atoms with Crippen molar-refractivity contribution in [2.75, 3.05) is 13.1 Å². The van der Waals surface area contributed by atoms with Gasteiger partial charge in [-0.15, -0.1) is 11.3 Å². The van der Waals surface area contributed by atoms with Crippen LogP contribution in [-0.2, 0) is 0 Å². The lowest BCUT2D eigenvalue weighted by Crippen LogP contribution is -2.26. The molecule has 1 N–H and O–H groups in total. The van der Waals surface area contributed by atoms with Crippen LogP contribution in [0.3, 0.4) is 0 Å². The van der Waals surface area contributed by atoms with Crippen molar-refractivity contribution < 1.29 is 0 Å². The molecule has 1 fully saturated rings. The summed E-state index contributed by atoms with van der Waals surface area (Å²) in [4.78, 5) is 1.50. The van der Waals surface area contributed by atoms with Crippen LogP contribution in [0.4, 0.5) is 0 Å². The average molecular weight is 219 g/mol. The molecule has 15 heavy (non-hydrogen) atoms. The van der Waals surface area contributed by atoms with Crippen molar-refractivity contribution in [3.63, 3.8) is 0 Å². The van der Waals surface area contributed by atoms with E-state index in [4.69, 9.17) is 0 Å². The van der Waals surface area contributed by atoms with Crippen LogP contribution in [0.2, 0.25) is 0 Å². The topological polar surface area (TPSA) is 37.8 Å². The highest BCUT2D eigenvalue weighted by Gasteiger charge is 2.17. The number of hydrogen-bond donors (Lipinski definition) is 1. The fraction of sp³-hybridized carbons (Fsp3) is 0.455. The molecule has 0 unspecified atom stereocenters. The normalized spacial score (nSPS) is 18.4. The first-order valence-electron chi connectivity index (χ1n) is 5.34. The van der Waals surface area contributed by atoms with Crippen LogP contribution >= 0.6 is 11.3 Å². The number of rotatable bonds is 1. The average Bonchev–Trinajstić information content (AvgIpc) is 2.74. The molecule has 3 rings (SSSR count). The summed E-state index contributed by atoms with van der Waals surface area (Å²) < 4.78 is 1.26. The zero-order valence-corrected chi connectivity index (χ0v) is 9.26. The van der Waals surface area contributed by atoms with E-state index in [0.717, 1.165) is 19.0 Å². The smallest absolute Gasteiger partial charge is 0.0674 e. The van der Waals surface area contributed by atoms with Crippen LogP contribution in [0.5, 0.6) is 0 Å². The van der Waals surface area contributed by atoms with Gasteiger partial charge in [-0.25, -0.2) is 0 Å². The molecule has 0 aliphatic carbocycles. The summed E-state index contributed by atoms with van der Waals surface area (Å²) in [6, 6.07) is 2.28. The molecule has 2 aromatic heterocycles. The number of nitrogens with zero attached hydrogens (tertiary/aromatic N) is 2. The third kappa shape index (κ3) is 1.75. The maximum Gasteiger partial charge on any atom is 0.0674 e. The summed E-state index contributed by atoms with van der Waals surface area (Å²) in [5.74, 6) is 0.739. The Morgan fingerprint density at radius 3 is 2.80 bits per heavy atom. The zero-order valence-electron chi connectivity index (χ0n) is 8.44. The van der Waals surface area contributed by atoms with Crippen molar-refractivity contribution in [2.45, 2.75) is 18.8 Å². The number of nitrogens with one attached hydrogen (secondary N) is 1.